The van der Waals surface area contributed by atoms with Crippen LogP contribution in [0.25, 0.3) is 0 Å². The van der Waals surface area contributed by atoms with Gasteiger partial charge in [-0.3, -0.25) is 10.1 Å². The predicted octanol–water partition coefficient (Wildman–Crippen LogP) is 2.22. The summed E-state index contributed by atoms with van der Waals surface area (Å²) in [6.07, 6.45) is 0. The lowest BCUT2D eigenvalue weighted by Gasteiger charge is -2.08. The van der Waals surface area contributed by atoms with E-state index in [9.17, 15) is 18.5 Å². The molecule has 1 aromatic carbocycles. The van der Waals surface area contributed by atoms with Gasteiger partial charge in [0.15, 0.2) is 0 Å². The summed E-state index contributed by atoms with van der Waals surface area (Å²) in [4.78, 5) is 11.0. The number of nitrogens with one attached hydrogen (secondary N) is 1. The van der Waals surface area contributed by atoms with Crippen molar-refractivity contribution < 1.29 is 13.3 Å². The Balaban J connectivity index is 2.15. The third-order valence-corrected chi connectivity index (χ3v) is 4.88. The van der Waals surface area contributed by atoms with Gasteiger partial charge in [-0.1, -0.05) is 17.4 Å². The smallest absolute Gasteiger partial charge is 0.324 e. The number of nitrogens with zero attached hydrogens (tertiary/aromatic N) is 1. The normalized spacial score (nSPS) is 11.3. The lowest BCUT2D eigenvalue weighted by molar-refractivity contribution is -0.380. The summed E-state index contributed by atoms with van der Waals surface area (Å²) in [5.41, 5.74) is 1.15. The molecular weight excluding hydrogens is 314 g/mol. The molecule has 0 aliphatic carbocycles. The van der Waals surface area contributed by atoms with Gasteiger partial charge in [0.05, 0.1) is 9.82 Å². The number of rotatable bonds is 5. The first kappa shape index (κ1) is 15.4. The van der Waals surface area contributed by atoms with E-state index in [1.165, 1.54) is 12.1 Å². The zero-order valence-electron chi connectivity index (χ0n) is 11.1. The van der Waals surface area contributed by atoms with Gasteiger partial charge in [-0.05, 0) is 30.7 Å². The van der Waals surface area contributed by atoms with Gasteiger partial charge in [0.1, 0.15) is 0 Å². The summed E-state index contributed by atoms with van der Waals surface area (Å²) < 4.78 is 22.9. The predicted molar refractivity (Wildman–Crippen MR) is 80.9 cm³/mol. The Morgan fingerprint density at radius 3 is 2.62 bits per heavy atom. The van der Waals surface area contributed by atoms with Crippen molar-refractivity contribution in [1.29, 1.82) is 0 Å². The summed E-state index contributed by atoms with van der Waals surface area (Å²) in [6, 6.07) is 7.93. The number of nitrogens with two attached hydrogens (primary N) is 1. The SMILES string of the molecule is Cc1ccc(NCc2ccc([N+](=O)[O-])s2)cc1S(N)(=O)=O. The topological polar surface area (TPSA) is 115 Å². The van der Waals surface area contributed by atoms with Crippen LogP contribution in [-0.4, -0.2) is 13.3 Å². The fourth-order valence-corrected chi connectivity index (χ4v) is 3.33. The van der Waals surface area contributed by atoms with Crippen LogP contribution < -0.4 is 10.5 Å². The summed E-state index contributed by atoms with van der Waals surface area (Å²) >= 11 is 1.07. The minimum Gasteiger partial charge on any atom is -0.380 e. The molecule has 0 saturated heterocycles. The standard InChI is InChI=1S/C12H13N3O4S2/c1-8-2-3-9(6-11(8)21(13,18)19)14-7-10-4-5-12(20-10)15(16)17/h2-6,14H,7H2,1H3,(H2,13,18,19). The second kappa shape index (κ2) is 5.80. The minimum atomic E-state index is -3.77. The molecule has 1 heterocycles. The monoisotopic (exact) mass is 327 g/mol. The highest BCUT2D eigenvalue weighted by Gasteiger charge is 2.13. The quantitative estimate of drug-likeness (QED) is 0.645. The highest BCUT2D eigenvalue weighted by Crippen LogP contribution is 2.25. The van der Waals surface area contributed by atoms with Crippen LogP contribution in [-0.2, 0) is 16.6 Å². The van der Waals surface area contributed by atoms with Gasteiger partial charge >= 0.3 is 5.00 Å². The third kappa shape index (κ3) is 3.78. The first-order chi connectivity index (χ1) is 9.77. The molecule has 21 heavy (non-hydrogen) atoms. The van der Waals surface area contributed by atoms with E-state index in [1.54, 1.807) is 25.1 Å². The summed E-state index contributed by atoms with van der Waals surface area (Å²) in [6.45, 7) is 2.03. The highest BCUT2D eigenvalue weighted by atomic mass is 32.2. The number of aryl methyl sites for hydroxylation is 1. The van der Waals surface area contributed by atoms with Crippen LogP contribution in [0.1, 0.15) is 10.4 Å². The molecule has 0 unspecified atom stereocenters. The average Bonchev–Trinajstić information content (AvgIpc) is 2.85. The van der Waals surface area contributed by atoms with Crippen molar-refractivity contribution in [1.82, 2.24) is 0 Å². The Morgan fingerprint density at radius 2 is 2.05 bits per heavy atom. The van der Waals surface area contributed by atoms with E-state index in [0.717, 1.165) is 16.2 Å². The van der Waals surface area contributed by atoms with Gasteiger partial charge < -0.3 is 5.32 Å². The third-order valence-electron chi connectivity index (χ3n) is 2.79. The molecule has 2 aromatic rings. The zero-order chi connectivity index (χ0) is 15.6. The number of sulfonamides is 1. The van der Waals surface area contributed by atoms with Gasteiger partial charge in [0.2, 0.25) is 10.0 Å². The highest BCUT2D eigenvalue weighted by molar-refractivity contribution is 7.89. The minimum absolute atomic E-state index is 0.0599. The van der Waals surface area contributed by atoms with Crippen LogP contribution in [0.2, 0.25) is 0 Å². The zero-order valence-corrected chi connectivity index (χ0v) is 12.7. The van der Waals surface area contributed by atoms with Crippen molar-refractivity contribution in [3.8, 4) is 0 Å². The fraction of sp³-hybridized carbons (Fsp3) is 0.167. The molecule has 0 aliphatic heterocycles. The van der Waals surface area contributed by atoms with E-state index < -0.39 is 14.9 Å². The Hall–Kier alpha value is -1.97. The van der Waals surface area contributed by atoms with Crippen molar-refractivity contribution in [3.05, 3.63) is 50.9 Å². The molecule has 0 fully saturated rings. The Kier molecular flexibility index (Phi) is 4.26. The molecule has 0 atom stereocenters. The van der Waals surface area contributed by atoms with Crippen molar-refractivity contribution in [3.63, 3.8) is 0 Å². The molecule has 0 amide bonds. The molecule has 9 heteroatoms. The van der Waals surface area contributed by atoms with E-state index in [1.807, 2.05) is 0 Å². The molecule has 0 saturated carbocycles. The molecule has 1 aromatic heterocycles. The van der Waals surface area contributed by atoms with E-state index in [0.29, 0.717) is 17.8 Å². The van der Waals surface area contributed by atoms with Crippen LogP contribution in [0.15, 0.2) is 35.2 Å². The van der Waals surface area contributed by atoms with Crippen molar-refractivity contribution in [2.45, 2.75) is 18.4 Å². The summed E-state index contributed by atoms with van der Waals surface area (Å²) in [7, 11) is -3.77. The number of hydrogen-bond donors (Lipinski definition) is 2. The van der Waals surface area contributed by atoms with Crippen LogP contribution in [0.3, 0.4) is 0 Å². The second-order valence-corrected chi connectivity index (χ2v) is 7.05. The van der Waals surface area contributed by atoms with Crippen molar-refractivity contribution in [2.24, 2.45) is 5.14 Å². The number of benzene rings is 1. The van der Waals surface area contributed by atoms with Gasteiger partial charge in [-0.2, -0.15) is 0 Å². The van der Waals surface area contributed by atoms with Crippen LogP contribution in [0, 0.1) is 17.0 Å². The number of primary sulfonamides is 1. The maximum atomic E-state index is 11.4. The van der Waals surface area contributed by atoms with Crippen LogP contribution in [0.4, 0.5) is 10.7 Å². The maximum absolute atomic E-state index is 11.4. The molecule has 0 aliphatic rings. The molecule has 2 rings (SSSR count). The number of hydrogen-bond acceptors (Lipinski definition) is 6. The Bertz CT molecular complexity index is 784. The molecule has 0 radical (unpaired) electrons. The van der Waals surface area contributed by atoms with E-state index >= 15 is 0 Å². The van der Waals surface area contributed by atoms with E-state index in [2.05, 4.69) is 5.32 Å². The van der Waals surface area contributed by atoms with Gasteiger partial charge in [0, 0.05) is 23.2 Å². The Morgan fingerprint density at radius 1 is 1.33 bits per heavy atom. The molecular formula is C12H13N3O4S2. The molecule has 0 bridgehead atoms. The maximum Gasteiger partial charge on any atom is 0.324 e. The largest absolute Gasteiger partial charge is 0.380 e. The van der Waals surface area contributed by atoms with Crippen LogP contribution >= 0.6 is 11.3 Å². The Labute approximate surface area is 125 Å². The molecule has 112 valence electrons. The summed E-state index contributed by atoms with van der Waals surface area (Å²) in [5, 5.41) is 18.8. The molecule has 7 nitrogen and oxygen atoms in total. The van der Waals surface area contributed by atoms with Gasteiger partial charge in [0.25, 0.3) is 0 Å². The van der Waals surface area contributed by atoms with Gasteiger partial charge in [-0.25, -0.2) is 13.6 Å². The first-order valence-corrected chi connectivity index (χ1v) is 8.24. The number of nitro groups is 1. The van der Waals surface area contributed by atoms with Gasteiger partial charge in [-0.15, -0.1) is 0 Å². The summed E-state index contributed by atoms with van der Waals surface area (Å²) in [5.74, 6) is 0. The average molecular weight is 327 g/mol. The van der Waals surface area contributed by atoms with Crippen molar-refractivity contribution >= 4 is 32.0 Å². The molecule has 0 spiro atoms. The van der Waals surface area contributed by atoms with E-state index in [-0.39, 0.29) is 9.90 Å². The molecule has 3 N–H and O–H groups in total. The van der Waals surface area contributed by atoms with Crippen molar-refractivity contribution in [2.75, 3.05) is 5.32 Å². The fourth-order valence-electron chi connectivity index (χ4n) is 1.77. The lowest BCUT2D eigenvalue weighted by atomic mass is 10.2. The number of anilines is 1. The van der Waals surface area contributed by atoms with Crippen LogP contribution in [0.5, 0.6) is 0 Å². The first-order valence-electron chi connectivity index (χ1n) is 5.88. The number of thiophene rings is 1. The lowest BCUT2D eigenvalue weighted by Crippen LogP contribution is -2.14. The van der Waals surface area contributed by atoms with E-state index in [4.69, 9.17) is 5.14 Å². The second-order valence-electron chi connectivity index (χ2n) is 4.38.